The van der Waals surface area contributed by atoms with Crippen molar-refractivity contribution in [2.45, 2.75) is 33.6 Å². The van der Waals surface area contributed by atoms with E-state index in [0.29, 0.717) is 11.5 Å². The number of benzene rings is 2. The normalized spacial score (nSPS) is 11.1. The van der Waals surface area contributed by atoms with Gasteiger partial charge >= 0.3 is 0 Å². The molecule has 2 aromatic carbocycles. The zero-order chi connectivity index (χ0) is 18.6. The predicted molar refractivity (Wildman–Crippen MR) is 101 cm³/mol. The molecule has 0 aliphatic rings. The van der Waals surface area contributed by atoms with E-state index in [2.05, 4.69) is 19.2 Å². The molecule has 0 radical (unpaired) electrons. The van der Waals surface area contributed by atoms with Crippen LogP contribution < -0.4 is 5.32 Å². The van der Waals surface area contributed by atoms with Crippen molar-refractivity contribution in [2.24, 2.45) is 0 Å². The summed E-state index contributed by atoms with van der Waals surface area (Å²) in [6.07, 6.45) is 3.08. The molecule has 1 amide bonds. The Labute approximate surface area is 147 Å². The quantitative estimate of drug-likeness (QED) is 0.474. The van der Waals surface area contributed by atoms with Crippen LogP contribution in [0.2, 0.25) is 0 Å². The molecule has 1 N–H and O–H groups in total. The number of nitro benzene ring substituents is 1. The topological polar surface area (TPSA) is 72.2 Å². The Morgan fingerprint density at radius 2 is 1.76 bits per heavy atom. The summed E-state index contributed by atoms with van der Waals surface area (Å²) in [6, 6.07) is 11.0. The van der Waals surface area contributed by atoms with Crippen molar-refractivity contribution in [3.05, 3.63) is 74.8 Å². The highest BCUT2D eigenvalue weighted by atomic mass is 16.6. The molecular formula is C20H22N2O3. The summed E-state index contributed by atoms with van der Waals surface area (Å²) in [4.78, 5) is 22.9. The molecule has 0 atom stereocenters. The number of rotatable bonds is 5. The highest BCUT2D eigenvalue weighted by Crippen LogP contribution is 2.30. The van der Waals surface area contributed by atoms with Crippen LogP contribution in [0.15, 0.2) is 42.5 Å². The third-order valence-corrected chi connectivity index (χ3v) is 4.19. The van der Waals surface area contributed by atoms with E-state index in [0.717, 1.165) is 11.1 Å². The van der Waals surface area contributed by atoms with Crippen LogP contribution in [0.4, 0.5) is 11.4 Å². The van der Waals surface area contributed by atoms with E-state index >= 15 is 0 Å². The molecule has 130 valence electrons. The predicted octanol–water partition coefficient (Wildman–Crippen LogP) is 4.99. The number of carbonyl (C=O) groups excluding carboxylic acids is 1. The summed E-state index contributed by atoms with van der Waals surface area (Å²) >= 11 is 0. The molecule has 5 heteroatoms. The molecule has 0 aliphatic heterocycles. The van der Waals surface area contributed by atoms with Gasteiger partial charge in [0.05, 0.1) is 4.92 Å². The molecule has 0 saturated carbocycles. The monoisotopic (exact) mass is 338 g/mol. The van der Waals surface area contributed by atoms with Crippen LogP contribution in [0.25, 0.3) is 6.08 Å². The molecule has 2 aromatic rings. The Hall–Kier alpha value is -2.95. The van der Waals surface area contributed by atoms with Crippen LogP contribution >= 0.6 is 0 Å². The molecule has 0 aromatic heterocycles. The third kappa shape index (κ3) is 4.53. The number of carbonyl (C=O) groups is 1. The SMILES string of the molecule is Cc1ccc([N+](=O)[O-])c(NC(=O)C=Cc2ccc(C(C)C)cc2)c1C. The van der Waals surface area contributed by atoms with E-state index in [4.69, 9.17) is 0 Å². The molecule has 0 spiro atoms. The lowest BCUT2D eigenvalue weighted by Gasteiger charge is -2.09. The highest BCUT2D eigenvalue weighted by Gasteiger charge is 2.18. The second kappa shape index (κ2) is 7.75. The number of nitrogens with zero attached hydrogens (tertiary/aromatic N) is 1. The minimum absolute atomic E-state index is 0.105. The van der Waals surface area contributed by atoms with Gasteiger partial charge in [0.1, 0.15) is 5.69 Å². The number of nitrogens with one attached hydrogen (secondary N) is 1. The molecule has 2 rings (SSSR count). The first-order valence-corrected chi connectivity index (χ1v) is 8.13. The van der Waals surface area contributed by atoms with Crippen molar-refractivity contribution >= 4 is 23.4 Å². The maximum Gasteiger partial charge on any atom is 0.293 e. The average molecular weight is 338 g/mol. The van der Waals surface area contributed by atoms with Gasteiger partial charge in [0, 0.05) is 12.1 Å². The minimum Gasteiger partial charge on any atom is -0.317 e. The molecule has 0 heterocycles. The zero-order valence-corrected chi connectivity index (χ0v) is 14.9. The number of amides is 1. The van der Waals surface area contributed by atoms with Crippen molar-refractivity contribution in [3.8, 4) is 0 Å². The van der Waals surface area contributed by atoms with Crippen molar-refractivity contribution in [2.75, 3.05) is 5.32 Å². The summed E-state index contributed by atoms with van der Waals surface area (Å²) in [5.41, 5.74) is 3.84. The second-order valence-electron chi connectivity index (χ2n) is 6.30. The molecule has 0 aliphatic carbocycles. The fourth-order valence-electron chi connectivity index (χ4n) is 2.44. The zero-order valence-electron chi connectivity index (χ0n) is 14.9. The molecule has 0 bridgehead atoms. The van der Waals surface area contributed by atoms with Crippen molar-refractivity contribution in [1.82, 2.24) is 0 Å². The van der Waals surface area contributed by atoms with Gasteiger partial charge in [-0.2, -0.15) is 0 Å². The van der Waals surface area contributed by atoms with Crippen molar-refractivity contribution in [3.63, 3.8) is 0 Å². The van der Waals surface area contributed by atoms with E-state index in [1.54, 1.807) is 19.1 Å². The largest absolute Gasteiger partial charge is 0.317 e. The number of nitro groups is 1. The summed E-state index contributed by atoms with van der Waals surface area (Å²) < 4.78 is 0. The van der Waals surface area contributed by atoms with Crippen LogP contribution in [0.1, 0.15) is 42.0 Å². The first-order chi connectivity index (χ1) is 11.8. The molecule has 25 heavy (non-hydrogen) atoms. The van der Waals surface area contributed by atoms with Crippen LogP contribution in [-0.4, -0.2) is 10.8 Å². The van der Waals surface area contributed by atoms with Gasteiger partial charge in [0.15, 0.2) is 0 Å². The molecule has 0 saturated heterocycles. The second-order valence-corrected chi connectivity index (χ2v) is 6.30. The van der Waals surface area contributed by atoms with E-state index in [9.17, 15) is 14.9 Å². The van der Waals surface area contributed by atoms with Gasteiger partial charge < -0.3 is 5.32 Å². The smallest absolute Gasteiger partial charge is 0.293 e. The van der Waals surface area contributed by atoms with Gasteiger partial charge in [0.2, 0.25) is 5.91 Å². The standard InChI is InChI=1S/C20H22N2O3/c1-13(2)17-9-6-16(7-10-17)8-12-19(23)21-20-15(4)14(3)5-11-18(20)22(24)25/h5-13H,1-4H3,(H,21,23). The Kier molecular flexibility index (Phi) is 5.70. The van der Waals surface area contributed by atoms with E-state index < -0.39 is 10.8 Å². The summed E-state index contributed by atoms with van der Waals surface area (Å²) in [7, 11) is 0. The summed E-state index contributed by atoms with van der Waals surface area (Å²) in [5.74, 6) is 0.0518. The van der Waals surface area contributed by atoms with E-state index in [1.807, 2.05) is 31.2 Å². The Balaban J connectivity index is 2.17. The van der Waals surface area contributed by atoms with Gasteiger partial charge in [0.25, 0.3) is 5.69 Å². The Morgan fingerprint density at radius 3 is 2.32 bits per heavy atom. The van der Waals surface area contributed by atoms with Crippen LogP contribution in [0, 0.1) is 24.0 Å². The van der Waals surface area contributed by atoms with Crippen molar-refractivity contribution < 1.29 is 9.72 Å². The third-order valence-electron chi connectivity index (χ3n) is 4.19. The van der Waals surface area contributed by atoms with Gasteiger partial charge in [-0.1, -0.05) is 44.2 Å². The number of hydrogen-bond donors (Lipinski definition) is 1. The first kappa shape index (κ1) is 18.4. The molecule has 0 fully saturated rings. The fourth-order valence-corrected chi connectivity index (χ4v) is 2.44. The van der Waals surface area contributed by atoms with Gasteiger partial charge in [-0.15, -0.1) is 0 Å². The van der Waals surface area contributed by atoms with Gasteiger partial charge in [-0.25, -0.2) is 0 Å². The fraction of sp³-hybridized carbons (Fsp3) is 0.250. The lowest BCUT2D eigenvalue weighted by Crippen LogP contribution is -2.11. The molecular weight excluding hydrogens is 316 g/mol. The maximum atomic E-state index is 12.2. The minimum atomic E-state index is -0.490. The van der Waals surface area contributed by atoms with E-state index in [1.165, 1.54) is 17.7 Å². The summed E-state index contributed by atoms with van der Waals surface area (Å²) in [6.45, 7) is 7.85. The Bertz CT molecular complexity index is 822. The number of aryl methyl sites for hydroxylation is 1. The lowest BCUT2D eigenvalue weighted by molar-refractivity contribution is -0.384. The van der Waals surface area contributed by atoms with E-state index in [-0.39, 0.29) is 11.4 Å². The van der Waals surface area contributed by atoms with Gasteiger partial charge in [-0.05, 0) is 48.1 Å². The average Bonchev–Trinajstić information content (AvgIpc) is 2.57. The summed E-state index contributed by atoms with van der Waals surface area (Å²) in [5, 5.41) is 13.8. The lowest BCUT2D eigenvalue weighted by atomic mass is 10.0. The van der Waals surface area contributed by atoms with Crippen molar-refractivity contribution in [1.29, 1.82) is 0 Å². The Morgan fingerprint density at radius 1 is 1.12 bits per heavy atom. The number of anilines is 1. The first-order valence-electron chi connectivity index (χ1n) is 8.13. The maximum absolute atomic E-state index is 12.2. The van der Waals surface area contributed by atoms with Gasteiger partial charge in [-0.3, -0.25) is 14.9 Å². The van der Waals surface area contributed by atoms with Crippen LogP contribution in [0.3, 0.4) is 0 Å². The number of hydrogen-bond acceptors (Lipinski definition) is 3. The van der Waals surface area contributed by atoms with Crippen LogP contribution in [-0.2, 0) is 4.79 Å². The molecule has 0 unspecified atom stereocenters. The van der Waals surface area contributed by atoms with Crippen LogP contribution in [0.5, 0.6) is 0 Å². The molecule has 5 nitrogen and oxygen atoms in total. The highest BCUT2D eigenvalue weighted by molar-refractivity contribution is 6.03.